The predicted molar refractivity (Wildman–Crippen MR) is 69.5 cm³/mol. The molecule has 0 aliphatic carbocycles. The molecule has 1 fully saturated rings. The van der Waals surface area contributed by atoms with Crippen molar-refractivity contribution in [1.82, 2.24) is 9.55 Å². The summed E-state index contributed by atoms with van der Waals surface area (Å²) in [6.07, 6.45) is 0.648. The van der Waals surface area contributed by atoms with Crippen molar-refractivity contribution in [3.63, 3.8) is 0 Å². The summed E-state index contributed by atoms with van der Waals surface area (Å²) in [6.45, 7) is 6.53. The number of nitrogens with zero attached hydrogens (tertiary/aromatic N) is 1. The maximum atomic E-state index is 12.4. The SMILES string of the molecule is CC(C)c1c(Cl)[nH]c(=O)n(C2(C)CCOC2)c1=O. The van der Waals surface area contributed by atoms with Gasteiger partial charge < -0.3 is 4.74 Å². The molecule has 2 rings (SSSR count). The highest BCUT2D eigenvalue weighted by molar-refractivity contribution is 6.30. The normalized spacial score (nSPS) is 23.8. The van der Waals surface area contributed by atoms with E-state index in [1.807, 2.05) is 20.8 Å². The van der Waals surface area contributed by atoms with E-state index in [4.69, 9.17) is 16.3 Å². The van der Waals surface area contributed by atoms with Gasteiger partial charge in [-0.05, 0) is 19.3 Å². The smallest absolute Gasteiger partial charge is 0.330 e. The number of nitrogens with one attached hydrogen (secondary N) is 1. The fourth-order valence-electron chi connectivity index (χ4n) is 2.35. The molecule has 1 atom stereocenters. The number of halogens is 1. The van der Waals surface area contributed by atoms with Crippen LogP contribution in [-0.4, -0.2) is 22.8 Å². The molecule has 0 radical (unpaired) electrons. The van der Waals surface area contributed by atoms with Gasteiger partial charge in [0.1, 0.15) is 5.15 Å². The Bertz CT molecular complexity index is 568. The fraction of sp³-hybridized carbons (Fsp3) is 0.667. The van der Waals surface area contributed by atoms with Crippen LogP contribution in [0.15, 0.2) is 9.59 Å². The fourth-order valence-corrected chi connectivity index (χ4v) is 2.73. The summed E-state index contributed by atoms with van der Waals surface area (Å²) < 4.78 is 6.56. The molecule has 2 heterocycles. The second-order valence-corrected chi connectivity index (χ2v) is 5.63. The average molecular weight is 273 g/mol. The second kappa shape index (κ2) is 4.55. The van der Waals surface area contributed by atoms with Crippen LogP contribution >= 0.6 is 11.6 Å². The third kappa shape index (κ3) is 2.01. The van der Waals surface area contributed by atoms with Crippen LogP contribution in [0, 0.1) is 0 Å². The number of hydrogen-bond donors (Lipinski definition) is 1. The van der Waals surface area contributed by atoms with E-state index in [1.54, 1.807) is 0 Å². The van der Waals surface area contributed by atoms with Crippen molar-refractivity contribution in [2.75, 3.05) is 13.2 Å². The Labute approximate surface area is 110 Å². The van der Waals surface area contributed by atoms with Crippen molar-refractivity contribution in [2.45, 2.75) is 38.6 Å². The van der Waals surface area contributed by atoms with E-state index < -0.39 is 11.2 Å². The largest absolute Gasteiger partial charge is 0.379 e. The van der Waals surface area contributed by atoms with E-state index in [0.717, 1.165) is 0 Å². The Morgan fingerprint density at radius 1 is 1.44 bits per heavy atom. The Hall–Kier alpha value is -1.07. The third-order valence-corrected chi connectivity index (χ3v) is 3.70. The predicted octanol–water partition coefficient (Wildman–Crippen LogP) is 1.45. The van der Waals surface area contributed by atoms with E-state index in [9.17, 15) is 9.59 Å². The van der Waals surface area contributed by atoms with E-state index in [0.29, 0.717) is 25.2 Å². The van der Waals surface area contributed by atoms with Crippen LogP contribution in [0.5, 0.6) is 0 Å². The van der Waals surface area contributed by atoms with Gasteiger partial charge in [-0.15, -0.1) is 0 Å². The first kappa shape index (κ1) is 13.4. The minimum absolute atomic E-state index is 0.0426. The van der Waals surface area contributed by atoms with E-state index in [-0.39, 0.29) is 16.6 Å². The van der Waals surface area contributed by atoms with Gasteiger partial charge >= 0.3 is 5.69 Å². The second-order valence-electron chi connectivity index (χ2n) is 5.25. The lowest BCUT2D eigenvalue weighted by atomic mass is 10.00. The standard InChI is InChI=1S/C12H17ClN2O3/c1-7(2)8-9(13)14-11(17)15(10(8)16)12(3)4-5-18-6-12/h7H,4-6H2,1-3H3,(H,14,17). The van der Waals surface area contributed by atoms with Gasteiger partial charge in [0.15, 0.2) is 0 Å². The summed E-state index contributed by atoms with van der Waals surface area (Å²) in [7, 11) is 0. The summed E-state index contributed by atoms with van der Waals surface area (Å²) in [5.41, 5.74) is -0.919. The summed E-state index contributed by atoms with van der Waals surface area (Å²) >= 11 is 5.95. The molecule has 5 nitrogen and oxygen atoms in total. The highest BCUT2D eigenvalue weighted by Gasteiger charge is 2.35. The molecule has 1 unspecified atom stereocenters. The van der Waals surface area contributed by atoms with Gasteiger partial charge in [-0.1, -0.05) is 25.4 Å². The molecule has 0 bridgehead atoms. The highest BCUT2D eigenvalue weighted by Crippen LogP contribution is 2.25. The zero-order valence-electron chi connectivity index (χ0n) is 10.7. The van der Waals surface area contributed by atoms with Gasteiger partial charge in [-0.3, -0.25) is 14.3 Å². The van der Waals surface area contributed by atoms with Crippen LogP contribution in [0.2, 0.25) is 5.15 Å². The number of ether oxygens (including phenoxy) is 1. The van der Waals surface area contributed by atoms with E-state index >= 15 is 0 Å². The minimum Gasteiger partial charge on any atom is -0.379 e. The molecule has 6 heteroatoms. The highest BCUT2D eigenvalue weighted by atomic mass is 35.5. The lowest BCUT2D eigenvalue weighted by molar-refractivity contribution is 0.157. The molecule has 1 aliphatic heterocycles. The molecule has 18 heavy (non-hydrogen) atoms. The van der Waals surface area contributed by atoms with Crippen LogP contribution in [0.3, 0.4) is 0 Å². The van der Waals surface area contributed by atoms with Gasteiger partial charge in [0.05, 0.1) is 17.7 Å². The number of rotatable bonds is 2. The molecule has 0 aromatic carbocycles. The van der Waals surface area contributed by atoms with Gasteiger partial charge in [-0.2, -0.15) is 0 Å². The van der Waals surface area contributed by atoms with Crippen molar-refractivity contribution < 1.29 is 4.74 Å². The van der Waals surface area contributed by atoms with Crippen molar-refractivity contribution in [1.29, 1.82) is 0 Å². The first-order valence-corrected chi connectivity index (χ1v) is 6.37. The summed E-state index contributed by atoms with van der Waals surface area (Å²) in [5, 5.41) is 0.138. The van der Waals surface area contributed by atoms with Crippen LogP contribution in [-0.2, 0) is 10.3 Å². The van der Waals surface area contributed by atoms with E-state index in [1.165, 1.54) is 4.57 Å². The maximum Gasteiger partial charge on any atom is 0.330 e. The monoisotopic (exact) mass is 272 g/mol. The number of aromatic amines is 1. The zero-order valence-corrected chi connectivity index (χ0v) is 11.5. The average Bonchev–Trinajstić information content (AvgIpc) is 2.63. The van der Waals surface area contributed by atoms with E-state index in [2.05, 4.69) is 4.98 Å². The molecule has 0 amide bonds. The lowest BCUT2D eigenvalue weighted by Gasteiger charge is -2.25. The zero-order chi connectivity index (χ0) is 13.5. The Balaban J connectivity index is 2.72. The Morgan fingerprint density at radius 3 is 2.61 bits per heavy atom. The van der Waals surface area contributed by atoms with Crippen LogP contribution in [0.1, 0.15) is 38.7 Å². The molecule has 0 spiro atoms. The van der Waals surface area contributed by atoms with Gasteiger partial charge in [0.25, 0.3) is 5.56 Å². The minimum atomic E-state index is -0.584. The van der Waals surface area contributed by atoms with Gasteiger partial charge in [0, 0.05) is 6.61 Å². The van der Waals surface area contributed by atoms with Gasteiger partial charge in [-0.25, -0.2) is 4.79 Å². The first-order chi connectivity index (χ1) is 8.37. The Kier molecular flexibility index (Phi) is 3.38. The summed E-state index contributed by atoms with van der Waals surface area (Å²) in [5.74, 6) is -0.0426. The molecular formula is C12H17ClN2O3. The first-order valence-electron chi connectivity index (χ1n) is 6.00. The molecule has 1 N–H and O–H groups in total. The third-order valence-electron chi connectivity index (χ3n) is 3.40. The van der Waals surface area contributed by atoms with Crippen molar-refractivity contribution >= 4 is 11.6 Å². The number of hydrogen-bond acceptors (Lipinski definition) is 3. The molecule has 1 aliphatic rings. The summed E-state index contributed by atoms with van der Waals surface area (Å²) in [6, 6.07) is 0. The van der Waals surface area contributed by atoms with Crippen molar-refractivity contribution in [2.24, 2.45) is 0 Å². The topological polar surface area (TPSA) is 64.1 Å². The van der Waals surface area contributed by atoms with Gasteiger partial charge in [0.2, 0.25) is 0 Å². The number of aromatic nitrogens is 2. The molecule has 1 saturated heterocycles. The molecule has 1 aromatic heterocycles. The van der Waals surface area contributed by atoms with Crippen LogP contribution in [0.4, 0.5) is 0 Å². The molecular weight excluding hydrogens is 256 g/mol. The van der Waals surface area contributed by atoms with Crippen molar-refractivity contribution in [3.8, 4) is 0 Å². The summed E-state index contributed by atoms with van der Waals surface area (Å²) in [4.78, 5) is 27.0. The number of H-pyrrole nitrogens is 1. The lowest BCUT2D eigenvalue weighted by Crippen LogP contribution is -2.49. The molecule has 1 aromatic rings. The van der Waals surface area contributed by atoms with Crippen LogP contribution < -0.4 is 11.2 Å². The van der Waals surface area contributed by atoms with Crippen LogP contribution in [0.25, 0.3) is 0 Å². The molecule has 0 saturated carbocycles. The Morgan fingerprint density at radius 2 is 2.11 bits per heavy atom. The molecule has 100 valence electrons. The van der Waals surface area contributed by atoms with Crippen molar-refractivity contribution in [3.05, 3.63) is 31.6 Å². The maximum absolute atomic E-state index is 12.4. The quantitative estimate of drug-likeness (QED) is 0.829.